The number of H-pyrrole nitrogens is 1. The Hall–Kier alpha value is -1.86. The number of aromatic amines is 1. The molecule has 16 heavy (non-hydrogen) atoms. The molecular weight excluding hydrogens is 234 g/mol. The molecule has 1 aromatic rings. The number of alkyl halides is 4. The summed E-state index contributed by atoms with van der Waals surface area (Å²) in [6, 6.07) is 0.591. The van der Waals surface area contributed by atoms with E-state index in [1.165, 1.54) is 0 Å². The van der Waals surface area contributed by atoms with Gasteiger partial charge in [-0.25, -0.2) is 4.39 Å². The first-order valence-electron chi connectivity index (χ1n) is 3.90. The Kier molecular flexibility index (Phi) is 3.31. The first-order chi connectivity index (χ1) is 7.37. The molecule has 1 aromatic heterocycles. The van der Waals surface area contributed by atoms with Crippen molar-refractivity contribution in [3.8, 4) is 5.75 Å². The summed E-state index contributed by atoms with van der Waals surface area (Å²) in [5.41, 5.74) is -2.27. The van der Waals surface area contributed by atoms with Crippen LogP contribution in [0.15, 0.2) is 10.9 Å². The van der Waals surface area contributed by atoms with Gasteiger partial charge >= 0.3 is 6.36 Å². The highest BCUT2D eigenvalue weighted by Gasteiger charge is 2.33. The second kappa shape index (κ2) is 4.33. The molecule has 0 atom stereocenters. The number of halogens is 4. The van der Waals surface area contributed by atoms with Gasteiger partial charge < -0.3 is 9.72 Å². The Balaban J connectivity index is 3.33. The SMILES string of the molecule is O=Cc1cc(=O)[nH]c(CF)c1OC(F)(F)F. The van der Waals surface area contributed by atoms with Gasteiger partial charge in [-0.05, 0) is 0 Å². The summed E-state index contributed by atoms with van der Waals surface area (Å²) in [5.74, 6) is -1.02. The van der Waals surface area contributed by atoms with E-state index in [1.807, 2.05) is 4.98 Å². The molecule has 1 heterocycles. The maximum atomic E-state index is 12.3. The van der Waals surface area contributed by atoms with Crippen molar-refractivity contribution in [1.82, 2.24) is 4.98 Å². The minimum absolute atomic E-state index is 0.0184. The summed E-state index contributed by atoms with van der Waals surface area (Å²) in [4.78, 5) is 23.0. The van der Waals surface area contributed by atoms with E-state index in [4.69, 9.17) is 0 Å². The lowest BCUT2D eigenvalue weighted by Crippen LogP contribution is -2.21. The number of pyridine rings is 1. The molecule has 0 aliphatic heterocycles. The van der Waals surface area contributed by atoms with E-state index >= 15 is 0 Å². The number of nitrogens with one attached hydrogen (secondary N) is 1. The van der Waals surface area contributed by atoms with Gasteiger partial charge in [-0.15, -0.1) is 13.2 Å². The lowest BCUT2D eigenvalue weighted by atomic mass is 10.2. The third-order valence-corrected chi connectivity index (χ3v) is 1.58. The lowest BCUT2D eigenvalue weighted by Gasteiger charge is -2.12. The van der Waals surface area contributed by atoms with Crippen molar-refractivity contribution in [1.29, 1.82) is 0 Å². The van der Waals surface area contributed by atoms with Crippen LogP contribution < -0.4 is 10.3 Å². The van der Waals surface area contributed by atoms with Crippen LogP contribution in [0.2, 0.25) is 0 Å². The van der Waals surface area contributed by atoms with Crippen molar-refractivity contribution < 1.29 is 27.1 Å². The number of rotatable bonds is 3. The lowest BCUT2D eigenvalue weighted by molar-refractivity contribution is -0.275. The summed E-state index contributed by atoms with van der Waals surface area (Å²) in [5, 5.41) is 0. The molecule has 0 spiro atoms. The van der Waals surface area contributed by atoms with Gasteiger partial charge in [0.05, 0.1) is 11.3 Å². The fraction of sp³-hybridized carbons (Fsp3) is 0.250. The highest BCUT2D eigenvalue weighted by Crippen LogP contribution is 2.27. The number of aldehydes is 1. The van der Waals surface area contributed by atoms with Crippen LogP contribution in [0.1, 0.15) is 16.1 Å². The van der Waals surface area contributed by atoms with E-state index in [0.29, 0.717) is 6.07 Å². The number of carbonyl (C=O) groups is 1. The molecule has 0 bridgehead atoms. The van der Waals surface area contributed by atoms with E-state index in [9.17, 15) is 27.2 Å². The number of aromatic nitrogens is 1. The molecule has 0 aliphatic rings. The second-order valence-corrected chi connectivity index (χ2v) is 2.70. The molecule has 0 saturated heterocycles. The third-order valence-electron chi connectivity index (χ3n) is 1.58. The van der Waals surface area contributed by atoms with Crippen LogP contribution in [0.3, 0.4) is 0 Å². The minimum Gasteiger partial charge on any atom is -0.403 e. The second-order valence-electron chi connectivity index (χ2n) is 2.70. The smallest absolute Gasteiger partial charge is 0.403 e. The monoisotopic (exact) mass is 239 g/mol. The Morgan fingerprint density at radius 3 is 2.50 bits per heavy atom. The molecule has 0 fully saturated rings. The van der Waals surface area contributed by atoms with Crippen LogP contribution in [0.4, 0.5) is 17.6 Å². The maximum absolute atomic E-state index is 12.3. The number of ether oxygens (including phenoxy) is 1. The van der Waals surface area contributed by atoms with Gasteiger partial charge in [0.2, 0.25) is 5.56 Å². The van der Waals surface area contributed by atoms with Crippen LogP contribution >= 0.6 is 0 Å². The van der Waals surface area contributed by atoms with Crippen molar-refractivity contribution in [2.45, 2.75) is 13.0 Å². The number of hydrogen-bond acceptors (Lipinski definition) is 3. The van der Waals surface area contributed by atoms with Crippen molar-refractivity contribution in [3.05, 3.63) is 27.7 Å². The molecule has 4 nitrogen and oxygen atoms in total. The van der Waals surface area contributed by atoms with E-state index in [1.54, 1.807) is 0 Å². The van der Waals surface area contributed by atoms with Crippen LogP contribution in [-0.2, 0) is 6.67 Å². The fourth-order valence-corrected chi connectivity index (χ4v) is 1.04. The summed E-state index contributed by atoms with van der Waals surface area (Å²) in [6.45, 7) is -1.39. The molecule has 0 aromatic carbocycles. The highest BCUT2D eigenvalue weighted by atomic mass is 19.4. The van der Waals surface area contributed by atoms with Crippen molar-refractivity contribution in [2.75, 3.05) is 0 Å². The van der Waals surface area contributed by atoms with Gasteiger partial charge in [-0.1, -0.05) is 0 Å². The summed E-state index contributed by atoms with van der Waals surface area (Å²) >= 11 is 0. The molecule has 1 rings (SSSR count). The molecule has 0 aliphatic carbocycles. The molecule has 0 unspecified atom stereocenters. The molecule has 88 valence electrons. The maximum Gasteiger partial charge on any atom is 0.573 e. The zero-order valence-electron chi connectivity index (χ0n) is 7.60. The quantitative estimate of drug-likeness (QED) is 0.643. The largest absolute Gasteiger partial charge is 0.573 e. The van der Waals surface area contributed by atoms with Crippen LogP contribution in [-0.4, -0.2) is 17.6 Å². The fourth-order valence-electron chi connectivity index (χ4n) is 1.04. The van der Waals surface area contributed by atoms with E-state index < -0.39 is 35.6 Å². The molecule has 0 saturated carbocycles. The van der Waals surface area contributed by atoms with Crippen LogP contribution in [0.25, 0.3) is 0 Å². The Morgan fingerprint density at radius 2 is 2.06 bits per heavy atom. The molecule has 0 radical (unpaired) electrons. The van der Waals surface area contributed by atoms with Gasteiger partial charge in [0, 0.05) is 6.07 Å². The minimum atomic E-state index is -5.07. The normalized spacial score (nSPS) is 11.2. The summed E-state index contributed by atoms with van der Waals surface area (Å²) < 4.78 is 51.5. The highest BCUT2D eigenvalue weighted by molar-refractivity contribution is 5.79. The third kappa shape index (κ3) is 2.81. The van der Waals surface area contributed by atoms with Crippen LogP contribution in [0.5, 0.6) is 5.75 Å². The molecule has 0 amide bonds. The number of carbonyl (C=O) groups excluding carboxylic acids is 1. The zero-order chi connectivity index (χ0) is 12.3. The molecule has 8 heteroatoms. The molecular formula is C8H5F4NO3. The average Bonchev–Trinajstić information content (AvgIpc) is 2.18. The van der Waals surface area contributed by atoms with Gasteiger partial charge in [0.25, 0.3) is 0 Å². The van der Waals surface area contributed by atoms with E-state index in [2.05, 4.69) is 4.74 Å². The predicted octanol–water partition coefficient (Wildman–Crippen LogP) is 1.56. The first-order valence-corrected chi connectivity index (χ1v) is 3.90. The van der Waals surface area contributed by atoms with Crippen LogP contribution in [0, 0.1) is 0 Å². The van der Waals surface area contributed by atoms with Crippen molar-refractivity contribution >= 4 is 6.29 Å². The summed E-state index contributed by atoms with van der Waals surface area (Å²) in [6.07, 6.45) is -5.09. The molecule has 1 N–H and O–H groups in total. The first kappa shape index (κ1) is 12.2. The van der Waals surface area contributed by atoms with Gasteiger partial charge in [0.15, 0.2) is 12.0 Å². The Labute approximate surface area is 85.8 Å². The van der Waals surface area contributed by atoms with Gasteiger partial charge in [-0.3, -0.25) is 9.59 Å². The predicted molar refractivity (Wildman–Crippen MR) is 43.9 cm³/mol. The van der Waals surface area contributed by atoms with Crippen molar-refractivity contribution in [3.63, 3.8) is 0 Å². The standard InChI is InChI=1S/C8H5F4NO3/c9-2-5-7(16-8(10,11)12)4(3-14)1-6(15)13-5/h1,3H,2H2,(H,13,15). The van der Waals surface area contributed by atoms with Gasteiger partial charge in [-0.2, -0.15) is 0 Å². The van der Waals surface area contributed by atoms with E-state index in [0.717, 1.165) is 0 Å². The van der Waals surface area contributed by atoms with Crippen molar-refractivity contribution in [2.24, 2.45) is 0 Å². The average molecular weight is 239 g/mol. The van der Waals surface area contributed by atoms with E-state index in [-0.39, 0.29) is 6.29 Å². The zero-order valence-corrected chi connectivity index (χ0v) is 7.60. The summed E-state index contributed by atoms with van der Waals surface area (Å²) in [7, 11) is 0. The Morgan fingerprint density at radius 1 is 1.44 bits per heavy atom. The number of hydrogen-bond donors (Lipinski definition) is 1. The topological polar surface area (TPSA) is 59.2 Å². The van der Waals surface area contributed by atoms with Gasteiger partial charge in [0.1, 0.15) is 6.67 Å². The Bertz CT molecular complexity index is 452.